The second-order valence-corrected chi connectivity index (χ2v) is 8.22. The lowest BCUT2D eigenvalue weighted by Crippen LogP contribution is -2.37. The smallest absolute Gasteiger partial charge is 0.266 e. The first kappa shape index (κ1) is 18.1. The maximum absolute atomic E-state index is 12.6. The van der Waals surface area contributed by atoms with Crippen molar-refractivity contribution < 1.29 is 9.59 Å². The fourth-order valence-corrected chi connectivity index (χ4v) is 4.40. The molecular weight excluding hydrogens is 352 g/mol. The van der Waals surface area contributed by atoms with Gasteiger partial charge in [-0.3, -0.25) is 14.5 Å². The molecule has 2 amide bonds. The van der Waals surface area contributed by atoms with Crippen LogP contribution in [0.3, 0.4) is 0 Å². The molecule has 3 rings (SSSR count). The van der Waals surface area contributed by atoms with Gasteiger partial charge in [-0.1, -0.05) is 66.7 Å². The third-order valence-corrected chi connectivity index (χ3v) is 5.91. The van der Waals surface area contributed by atoms with Gasteiger partial charge < -0.3 is 5.32 Å². The minimum atomic E-state index is -0.107. The SMILES string of the molecule is Cc1ccc(/C=C2\SC(=S)N(CCC(=O)NC3CCCC3)C2=O)cc1. The Morgan fingerprint density at radius 2 is 2.00 bits per heavy atom. The Bertz CT molecular complexity index is 707. The Labute approximate surface area is 158 Å². The van der Waals surface area contributed by atoms with Gasteiger partial charge in [0.25, 0.3) is 5.91 Å². The van der Waals surface area contributed by atoms with Crippen LogP contribution in [0.25, 0.3) is 6.08 Å². The van der Waals surface area contributed by atoms with E-state index in [1.807, 2.05) is 37.3 Å². The highest BCUT2D eigenvalue weighted by molar-refractivity contribution is 8.26. The van der Waals surface area contributed by atoms with E-state index in [9.17, 15) is 9.59 Å². The number of carbonyl (C=O) groups is 2. The molecule has 2 fully saturated rings. The molecule has 1 saturated carbocycles. The molecule has 1 aliphatic heterocycles. The zero-order valence-corrected chi connectivity index (χ0v) is 15.9. The highest BCUT2D eigenvalue weighted by Crippen LogP contribution is 2.32. The molecule has 0 atom stereocenters. The van der Waals surface area contributed by atoms with Crippen LogP contribution >= 0.6 is 24.0 Å². The molecule has 0 unspecified atom stereocenters. The van der Waals surface area contributed by atoms with Crippen LogP contribution in [0.2, 0.25) is 0 Å². The molecule has 0 spiro atoms. The van der Waals surface area contributed by atoms with Crippen molar-refractivity contribution in [2.24, 2.45) is 0 Å². The summed E-state index contributed by atoms with van der Waals surface area (Å²) in [7, 11) is 0. The normalized spacial score (nSPS) is 19.9. The zero-order chi connectivity index (χ0) is 17.8. The number of thiocarbonyl (C=S) groups is 1. The maximum atomic E-state index is 12.6. The number of nitrogens with zero attached hydrogens (tertiary/aromatic N) is 1. The van der Waals surface area contributed by atoms with Crippen molar-refractivity contribution in [1.29, 1.82) is 0 Å². The Balaban J connectivity index is 1.57. The van der Waals surface area contributed by atoms with E-state index in [0.29, 0.717) is 28.2 Å². The standard InChI is InChI=1S/C19H22N2O2S2/c1-13-6-8-14(9-7-13)12-16-18(23)21(19(24)25-16)11-10-17(22)20-15-4-2-3-5-15/h6-9,12,15H,2-5,10-11H2,1H3,(H,20,22)/b16-12-. The fraction of sp³-hybridized carbons (Fsp3) is 0.421. The van der Waals surface area contributed by atoms with Crippen LogP contribution in [0.4, 0.5) is 0 Å². The van der Waals surface area contributed by atoms with Gasteiger partial charge in [0.2, 0.25) is 5.91 Å². The Kier molecular flexibility index (Phi) is 5.91. The third-order valence-electron chi connectivity index (χ3n) is 4.53. The molecule has 2 aliphatic rings. The number of aryl methyl sites for hydroxylation is 1. The van der Waals surface area contributed by atoms with Crippen molar-refractivity contribution in [1.82, 2.24) is 10.2 Å². The molecule has 1 aromatic rings. The van der Waals surface area contributed by atoms with E-state index < -0.39 is 0 Å². The number of hydrogen-bond acceptors (Lipinski definition) is 4. The van der Waals surface area contributed by atoms with Gasteiger partial charge in [0, 0.05) is 19.0 Å². The second-order valence-electron chi connectivity index (χ2n) is 6.54. The third kappa shape index (κ3) is 4.70. The Hall–Kier alpha value is -1.66. The molecule has 0 radical (unpaired) electrons. The van der Waals surface area contributed by atoms with Crippen molar-refractivity contribution in [3.05, 3.63) is 40.3 Å². The minimum Gasteiger partial charge on any atom is -0.353 e. The van der Waals surface area contributed by atoms with Gasteiger partial charge in [-0.25, -0.2) is 0 Å². The van der Waals surface area contributed by atoms with Crippen LogP contribution < -0.4 is 5.32 Å². The monoisotopic (exact) mass is 374 g/mol. The van der Waals surface area contributed by atoms with Gasteiger partial charge in [0.05, 0.1) is 4.91 Å². The number of carbonyl (C=O) groups excluding carboxylic acids is 2. The highest BCUT2D eigenvalue weighted by atomic mass is 32.2. The van der Waals surface area contributed by atoms with Gasteiger partial charge in [-0.2, -0.15) is 0 Å². The molecule has 1 aliphatic carbocycles. The van der Waals surface area contributed by atoms with Gasteiger partial charge in [0.15, 0.2) is 0 Å². The number of hydrogen-bond donors (Lipinski definition) is 1. The van der Waals surface area contributed by atoms with E-state index in [0.717, 1.165) is 18.4 Å². The topological polar surface area (TPSA) is 49.4 Å². The number of rotatable bonds is 5. The van der Waals surface area contributed by atoms with E-state index in [4.69, 9.17) is 12.2 Å². The van der Waals surface area contributed by atoms with Crippen LogP contribution in [0.1, 0.15) is 43.2 Å². The quantitative estimate of drug-likeness (QED) is 0.631. The van der Waals surface area contributed by atoms with Gasteiger partial charge in [-0.05, 0) is 31.4 Å². The maximum Gasteiger partial charge on any atom is 0.266 e. The lowest BCUT2D eigenvalue weighted by Gasteiger charge is -2.16. The van der Waals surface area contributed by atoms with E-state index in [1.54, 1.807) is 0 Å². The van der Waals surface area contributed by atoms with Gasteiger partial charge >= 0.3 is 0 Å². The first-order chi connectivity index (χ1) is 12.0. The fourth-order valence-electron chi connectivity index (χ4n) is 3.09. The number of nitrogens with one attached hydrogen (secondary N) is 1. The molecule has 1 heterocycles. The van der Waals surface area contributed by atoms with Crippen LogP contribution in [-0.4, -0.2) is 33.6 Å². The summed E-state index contributed by atoms with van der Waals surface area (Å²) in [5.74, 6) is -0.104. The largest absolute Gasteiger partial charge is 0.353 e. The number of thioether (sulfide) groups is 1. The van der Waals surface area contributed by atoms with Gasteiger partial charge in [0.1, 0.15) is 4.32 Å². The minimum absolute atomic E-state index is 0.00321. The van der Waals surface area contributed by atoms with E-state index in [-0.39, 0.29) is 11.8 Å². The summed E-state index contributed by atoms with van der Waals surface area (Å²) in [5, 5.41) is 3.05. The summed E-state index contributed by atoms with van der Waals surface area (Å²) >= 11 is 6.63. The van der Waals surface area contributed by atoms with Crippen LogP contribution in [0, 0.1) is 6.92 Å². The summed E-state index contributed by atoms with van der Waals surface area (Å²) in [4.78, 5) is 26.8. The molecule has 1 aromatic carbocycles. The summed E-state index contributed by atoms with van der Waals surface area (Å²) in [5.41, 5.74) is 2.16. The average Bonchev–Trinajstić information content (AvgIpc) is 3.17. The predicted octanol–water partition coefficient (Wildman–Crippen LogP) is 3.65. The average molecular weight is 375 g/mol. The lowest BCUT2D eigenvalue weighted by molar-refractivity contribution is -0.124. The first-order valence-electron chi connectivity index (χ1n) is 8.64. The Morgan fingerprint density at radius 3 is 2.68 bits per heavy atom. The first-order valence-corrected chi connectivity index (χ1v) is 9.87. The molecule has 1 saturated heterocycles. The number of benzene rings is 1. The summed E-state index contributed by atoms with van der Waals surface area (Å²) < 4.78 is 0.525. The zero-order valence-electron chi connectivity index (χ0n) is 14.3. The highest BCUT2D eigenvalue weighted by Gasteiger charge is 2.32. The summed E-state index contributed by atoms with van der Waals surface area (Å²) in [6.07, 6.45) is 6.64. The van der Waals surface area contributed by atoms with Crippen LogP contribution in [0.15, 0.2) is 29.2 Å². The lowest BCUT2D eigenvalue weighted by atomic mass is 10.1. The van der Waals surface area contributed by atoms with E-state index in [2.05, 4.69) is 5.32 Å². The van der Waals surface area contributed by atoms with E-state index >= 15 is 0 Å². The van der Waals surface area contributed by atoms with Crippen molar-refractivity contribution in [3.63, 3.8) is 0 Å². The molecule has 1 N–H and O–H groups in total. The molecule has 6 heteroatoms. The summed E-state index contributed by atoms with van der Waals surface area (Å²) in [6, 6.07) is 8.30. The van der Waals surface area contributed by atoms with Crippen molar-refractivity contribution in [2.45, 2.75) is 45.1 Å². The van der Waals surface area contributed by atoms with Crippen molar-refractivity contribution in [2.75, 3.05) is 6.54 Å². The summed E-state index contributed by atoms with van der Waals surface area (Å²) in [6.45, 7) is 2.37. The molecule has 0 aromatic heterocycles. The second kappa shape index (κ2) is 8.15. The predicted molar refractivity (Wildman–Crippen MR) is 106 cm³/mol. The van der Waals surface area contributed by atoms with Crippen molar-refractivity contribution in [3.8, 4) is 0 Å². The molecule has 0 bridgehead atoms. The molecular formula is C19H22N2O2S2. The van der Waals surface area contributed by atoms with Crippen LogP contribution in [-0.2, 0) is 9.59 Å². The Morgan fingerprint density at radius 1 is 1.32 bits per heavy atom. The van der Waals surface area contributed by atoms with E-state index in [1.165, 1.54) is 35.1 Å². The van der Waals surface area contributed by atoms with Crippen molar-refractivity contribution >= 4 is 46.2 Å². The molecule has 25 heavy (non-hydrogen) atoms. The number of amides is 2. The van der Waals surface area contributed by atoms with Gasteiger partial charge in [-0.15, -0.1) is 0 Å². The van der Waals surface area contributed by atoms with Crippen LogP contribution in [0.5, 0.6) is 0 Å². The molecule has 4 nitrogen and oxygen atoms in total. The molecule has 132 valence electrons.